The number of methoxy groups -OCH3 is 1. The summed E-state index contributed by atoms with van der Waals surface area (Å²) in [5, 5.41) is 10.9. The number of esters is 1. The molecule has 1 amide bonds. The smallest absolute Gasteiger partial charge is 0.310 e. The Balaban J connectivity index is 2.17. The molecule has 1 aromatic carbocycles. The van der Waals surface area contributed by atoms with E-state index in [0.717, 1.165) is 0 Å². The second-order valence-electron chi connectivity index (χ2n) is 4.53. The van der Waals surface area contributed by atoms with E-state index in [4.69, 9.17) is 0 Å². The van der Waals surface area contributed by atoms with E-state index in [1.165, 1.54) is 30.2 Å². The Hall–Kier alpha value is -2.44. The van der Waals surface area contributed by atoms with Crippen LogP contribution in [-0.4, -0.2) is 41.9 Å². The first-order valence-corrected chi connectivity index (χ1v) is 6.15. The van der Waals surface area contributed by atoms with Gasteiger partial charge in [-0.25, -0.2) is 0 Å². The minimum Gasteiger partial charge on any atom is -0.469 e. The lowest BCUT2D eigenvalue weighted by Gasteiger charge is -2.16. The molecule has 0 N–H and O–H groups in total. The lowest BCUT2D eigenvalue weighted by Crippen LogP contribution is -2.30. The number of carbonyl (C=O) groups is 2. The fourth-order valence-corrected chi connectivity index (χ4v) is 2.29. The highest BCUT2D eigenvalue weighted by Gasteiger charge is 2.34. The summed E-state index contributed by atoms with van der Waals surface area (Å²) < 4.78 is 4.64. The first-order chi connectivity index (χ1) is 9.54. The largest absolute Gasteiger partial charge is 0.469 e. The van der Waals surface area contributed by atoms with Gasteiger partial charge in [0, 0.05) is 19.2 Å². The number of nitro groups is 1. The van der Waals surface area contributed by atoms with E-state index in [1.54, 1.807) is 6.07 Å². The second kappa shape index (κ2) is 5.68. The van der Waals surface area contributed by atoms with E-state index >= 15 is 0 Å². The van der Waals surface area contributed by atoms with Gasteiger partial charge in [-0.2, -0.15) is 0 Å². The van der Waals surface area contributed by atoms with E-state index in [1.807, 2.05) is 0 Å². The van der Waals surface area contributed by atoms with Crippen molar-refractivity contribution in [1.29, 1.82) is 0 Å². The number of benzene rings is 1. The number of hydrogen-bond acceptors (Lipinski definition) is 5. The SMILES string of the molecule is COC(=O)C1CCN(C(=O)c2ccccc2[N+](=O)[O-])C1. The molecule has 7 nitrogen and oxygen atoms in total. The van der Waals surface area contributed by atoms with Gasteiger partial charge in [-0.15, -0.1) is 0 Å². The predicted molar refractivity (Wildman–Crippen MR) is 69.1 cm³/mol. The molecule has 2 rings (SSSR count). The summed E-state index contributed by atoms with van der Waals surface area (Å²) in [5.74, 6) is -1.14. The van der Waals surface area contributed by atoms with Crippen molar-refractivity contribution in [3.63, 3.8) is 0 Å². The number of nitro benzene ring substituents is 1. The molecule has 1 heterocycles. The van der Waals surface area contributed by atoms with Crippen LogP contribution >= 0.6 is 0 Å². The van der Waals surface area contributed by atoms with Gasteiger partial charge in [0.05, 0.1) is 18.0 Å². The average molecular weight is 278 g/mol. The molecule has 0 radical (unpaired) electrons. The molecule has 20 heavy (non-hydrogen) atoms. The highest BCUT2D eigenvalue weighted by Crippen LogP contribution is 2.24. The third-order valence-corrected chi connectivity index (χ3v) is 3.34. The van der Waals surface area contributed by atoms with Gasteiger partial charge in [0.1, 0.15) is 5.56 Å². The summed E-state index contributed by atoms with van der Waals surface area (Å²) in [6, 6.07) is 5.80. The summed E-state index contributed by atoms with van der Waals surface area (Å²) in [6.45, 7) is 0.627. The predicted octanol–water partition coefficient (Wildman–Crippen LogP) is 1.23. The molecule has 0 saturated carbocycles. The van der Waals surface area contributed by atoms with Crippen molar-refractivity contribution in [3.05, 3.63) is 39.9 Å². The maximum atomic E-state index is 12.3. The van der Waals surface area contributed by atoms with Crippen LogP contribution in [0.1, 0.15) is 16.8 Å². The fourth-order valence-electron chi connectivity index (χ4n) is 2.29. The Bertz CT molecular complexity index is 557. The summed E-state index contributed by atoms with van der Waals surface area (Å²) in [7, 11) is 1.30. The molecule has 1 unspecified atom stereocenters. The molecular formula is C13H14N2O5. The summed E-state index contributed by atoms with van der Waals surface area (Å²) in [6.07, 6.45) is 0.513. The Morgan fingerprint density at radius 3 is 2.75 bits per heavy atom. The molecule has 1 aliphatic rings. The van der Waals surface area contributed by atoms with Crippen LogP contribution in [0.15, 0.2) is 24.3 Å². The highest BCUT2D eigenvalue weighted by molar-refractivity contribution is 5.98. The lowest BCUT2D eigenvalue weighted by atomic mass is 10.1. The van der Waals surface area contributed by atoms with Gasteiger partial charge >= 0.3 is 5.97 Å². The zero-order valence-electron chi connectivity index (χ0n) is 10.9. The van der Waals surface area contributed by atoms with E-state index < -0.39 is 10.8 Å². The molecule has 106 valence electrons. The number of likely N-dealkylation sites (tertiary alicyclic amines) is 1. The topological polar surface area (TPSA) is 89.8 Å². The highest BCUT2D eigenvalue weighted by atomic mass is 16.6. The molecule has 1 fully saturated rings. The maximum Gasteiger partial charge on any atom is 0.310 e. The van der Waals surface area contributed by atoms with Crippen LogP contribution in [-0.2, 0) is 9.53 Å². The molecule has 0 aromatic heterocycles. The second-order valence-corrected chi connectivity index (χ2v) is 4.53. The Kier molecular flexibility index (Phi) is 3.97. The maximum absolute atomic E-state index is 12.3. The number of nitrogens with zero attached hydrogens (tertiary/aromatic N) is 2. The number of para-hydroxylation sites is 1. The van der Waals surface area contributed by atoms with Gasteiger partial charge in [-0.05, 0) is 12.5 Å². The molecule has 1 atom stereocenters. The first-order valence-electron chi connectivity index (χ1n) is 6.15. The van der Waals surface area contributed by atoms with Crippen LogP contribution in [0, 0.1) is 16.0 Å². The first kappa shape index (κ1) is 14.0. The fraction of sp³-hybridized carbons (Fsp3) is 0.385. The Labute approximate surface area is 115 Å². The molecule has 0 bridgehead atoms. The van der Waals surface area contributed by atoms with Gasteiger partial charge in [0.15, 0.2) is 0 Å². The average Bonchev–Trinajstić information content (AvgIpc) is 2.95. The van der Waals surface area contributed by atoms with E-state index in [9.17, 15) is 19.7 Å². The third kappa shape index (κ3) is 2.61. The van der Waals surface area contributed by atoms with Crippen molar-refractivity contribution < 1.29 is 19.2 Å². The lowest BCUT2D eigenvalue weighted by molar-refractivity contribution is -0.385. The van der Waals surface area contributed by atoms with Gasteiger partial charge in [-0.1, -0.05) is 12.1 Å². The monoisotopic (exact) mass is 278 g/mol. The number of rotatable bonds is 3. The minimum atomic E-state index is -0.582. The summed E-state index contributed by atoms with van der Waals surface area (Å²) in [4.78, 5) is 35.5. The van der Waals surface area contributed by atoms with Crippen molar-refractivity contribution in [2.24, 2.45) is 5.92 Å². The Morgan fingerprint density at radius 1 is 1.40 bits per heavy atom. The summed E-state index contributed by atoms with van der Waals surface area (Å²) in [5.41, 5.74) is -0.179. The van der Waals surface area contributed by atoms with Crippen molar-refractivity contribution in [3.8, 4) is 0 Å². The van der Waals surface area contributed by atoms with Gasteiger partial charge in [0.2, 0.25) is 0 Å². The molecular weight excluding hydrogens is 264 g/mol. The third-order valence-electron chi connectivity index (χ3n) is 3.34. The molecule has 0 spiro atoms. The van der Waals surface area contributed by atoms with Crippen LogP contribution in [0.3, 0.4) is 0 Å². The van der Waals surface area contributed by atoms with Crippen LogP contribution < -0.4 is 0 Å². The summed E-state index contributed by atoms with van der Waals surface area (Å²) >= 11 is 0. The molecule has 7 heteroatoms. The van der Waals surface area contributed by atoms with Crippen molar-refractivity contribution >= 4 is 17.6 Å². The molecule has 1 aliphatic heterocycles. The van der Waals surface area contributed by atoms with Crippen molar-refractivity contribution in [2.75, 3.05) is 20.2 Å². The molecule has 1 aromatic rings. The van der Waals surface area contributed by atoms with Crippen LogP contribution in [0.4, 0.5) is 5.69 Å². The number of amides is 1. The van der Waals surface area contributed by atoms with E-state index in [-0.39, 0.29) is 29.7 Å². The van der Waals surface area contributed by atoms with Crippen LogP contribution in [0.2, 0.25) is 0 Å². The molecule has 0 aliphatic carbocycles. The zero-order chi connectivity index (χ0) is 14.7. The normalized spacial score (nSPS) is 17.9. The quantitative estimate of drug-likeness (QED) is 0.471. The number of hydrogen-bond donors (Lipinski definition) is 0. The van der Waals surface area contributed by atoms with E-state index in [2.05, 4.69) is 4.74 Å². The van der Waals surface area contributed by atoms with Gasteiger partial charge < -0.3 is 9.64 Å². The standard InChI is InChI=1S/C13H14N2O5/c1-20-13(17)9-6-7-14(8-9)12(16)10-4-2-3-5-11(10)15(18)19/h2-5,9H,6-8H2,1H3. The van der Waals surface area contributed by atoms with E-state index in [0.29, 0.717) is 13.0 Å². The number of carbonyl (C=O) groups excluding carboxylic acids is 2. The van der Waals surface area contributed by atoms with Crippen LogP contribution in [0.25, 0.3) is 0 Å². The Morgan fingerprint density at radius 2 is 2.10 bits per heavy atom. The van der Waals surface area contributed by atoms with Crippen LogP contribution in [0.5, 0.6) is 0 Å². The van der Waals surface area contributed by atoms with Gasteiger partial charge in [-0.3, -0.25) is 19.7 Å². The molecule has 1 saturated heterocycles. The zero-order valence-corrected chi connectivity index (χ0v) is 10.9. The van der Waals surface area contributed by atoms with Crippen molar-refractivity contribution in [1.82, 2.24) is 4.90 Å². The minimum absolute atomic E-state index is 0.0445. The number of ether oxygens (including phenoxy) is 1. The van der Waals surface area contributed by atoms with Gasteiger partial charge in [0.25, 0.3) is 11.6 Å². The van der Waals surface area contributed by atoms with Crippen molar-refractivity contribution in [2.45, 2.75) is 6.42 Å².